The second kappa shape index (κ2) is 9.22. The zero-order chi connectivity index (χ0) is 18.3. The molecule has 0 aliphatic carbocycles. The average Bonchev–Trinajstić information content (AvgIpc) is 2.53. The van der Waals surface area contributed by atoms with Crippen LogP contribution < -0.4 is 10.0 Å². The zero-order valence-electron chi connectivity index (χ0n) is 13.1. The second-order valence-electron chi connectivity index (χ2n) is 4.94. The highest BCUT2D eigenvalue weighted by Gasteiger charge is 2.18. The number of carbonyl (C=O) groups is 2. The van der Waals surface area contributed by atoms with Gasteiger partial charge in [0.2, 0.25) is 10.0 Å². The first-order valence-corrected chi connectivity index (χ1v) is 9.29. The van der Waals surface area contributed by atoms with E-state index in [2.05, 4.69) is 10.0 Å². The third-order valence-electron chi connectivity index (χ3n) is 2.99. The van der Waals surface area contributed by atoms with Gasteiger partial charge in [0.1, 0.15) is 6.54 Å². The average molecular weight is 397 g/mol. The van der Waals surface area contributed by atoms with Crippen molar-refractivity contribution in [2.45, 2.75) is 31.2 Å². The molecule has 0 saturated carbocycles. The molecule has 0 heterocycles. The van der Waals surface area contributed by atoms with Crippen LogP contribution in [-0.4, -0.2) is 39.5 Å². The number of benzene rings is 1. The maximum atomic E-state index is 12.0. The summed E-state index contributed by atoms with van der Waals surface area (Å²) >= 11 is 11.5. The van der Waals surface area contributed by atoms with Crippen molar-refractivity contribution in [2.75, 3.05) is 13.2 Å². The van der Waals surface area contributed by atoms with E-state index in [1.807, 2.05) is 13.8 Å². The minimum Gasteiger partial charge on any atom is -0.455 e. The maximum Gasteiger partial charge on any atom is 0.321 e. The number of nitrogens with one attached hydrogen (secondary N) is 2. The van der Waals surface area contributed by atoms with Crippen molar-refractivity contribution in [1.82, 2.24) is 10.0 Å². The van der Waals surface area contributed by atoms with Gasteiger partial charge in [-0.3, -0.25) is 9.59 Å². The molecule has 10 heteroatoms. The van der Waals surface area contributed by atoms with Crippen molar-refractivity contribution in [1.29, 1.82) is 0 Å². The molecular weight excluding hydrogens is 379 g/mol. The topological polar surface area (TPSA) is 102 Å². The van der Waals surface area contributed by atoms with E-state index in [0.717, 1.165) is 12.5 Å². The molecule has 7 nitrogen and oxygen atoms in total. The fourth-order valence-electron chi connectivity index (χ4n) is 1.50. The van der Waals surface area contributed by atoms with Crippen LogP contribution >= 0.6 is 23.2 Å². The van der Waals surface area contributed by atoms with Crippen LogP contribution in [0.5, 0.6) is 0 Å². The number of amides is 1. The molecule has 24 heavy (non-hydrogen) atoms. The SMILES string of the molecule is CC[C@H](C)NC(=O)COC(=O)CNS(=O)(=O)c1ccc(Cl)c(Cl)c1. The van der Waals surface area contributed by atoms with Crippen LogP contribution in [0.2, 0.25) is 10.0 Å². The fraction of sp³-hybridized carbons (Fsp3) is 0.429. The summed E-state index contributed by atoms with van der Waals surface area (Å²) in [7, 11) is -3.95. The highest BCUT2D eigenvalue weighted by molar-refractivity contribution is 7.89. The molecule has 0 aliphatic heterocycles. The van der Waals surface area contributed by atoms with Crippen LogP contribution in [0.15, 0.2) is 23.1 Å². The normalized spacial score (nSPS) is 12.5. The lowest BCUT2D eigenvalue weighted by Gasteiger charge is -2.11. The fourth-order valence-corrected chi connectivity index (χ4v) is 2.85. The summed E-state index contributed by atoms with van der Waals surface area (Å²) in [4.78, 5) is 22.8. The lowest BCUT2D eigenvalue weighted by Crippen LogP contribution is -2.37. The van der Waals surface area contributed by atoms with Gasteiger partial charge in [-0.15, -0.1) is 0 Å². The predicted octanol–water partition coefficient (Wildman–Crippen LogP) is 1.73. The standard InChI is InChI=1S/C14H18Cl2N2O5S/c1-3-9(2)18-13(19)8-23-14(20)7-17-24(21,22)10-4-5-11(15)12(16)6-10/h4-6,9,17H,3,7-8H2,1-2H3,(H,18,19)/t9-/m0/s1. The van der Waals surface area contributed by atoms with Gasteiger partial charge in [-0.25, -0.2) is 8.42 Å². The van der Waals surface area contributed by atoms with E-state index in [-0.39, 0.29) is 21.0 Å². The Labute approximate surface area is 150 Å². The first-order valence-electron chi connectivity index (χ1n) is 7.05. The molecule has 0 aliphatic rings. The zero-order valence-corrected chi connectivity index (χ0v) is 15.5. The molecule has 1 rings (SSSR count). The van der Waals surface area contributed by atoms with E-state index in [0.29, 0.717) is 0 Å². The van der Waals surface area contributed by atoms with E-state index in [1.165, 1.54) is 12.1 Å². The van der Waals surface area contributed by atoms with Crippen LogP contribution in [0.3, 0.4) is 0 Å². The molecular formula is C14H18Cl2N2O5S. The third kappa shape index (κ3) is 6.64. The van der Waals surface area contributed by atoms with Gasteiger partial charge in [0.15, 0.2) is 6.61 Å². The lowest BCUT2D eigenvalue weighted by molar-refractivity contribution is -0.147. The molecule has 1 aromatic carbocycles. The van der Waals surface area contributed by atoms with Crippen LogP contribution in [0.25, 0.3) is 0 Å². The van der Waals surface area contributed by atoms with Gasteiger partial charge in [0.25, 0.3) is 5.91 Å². The highest BCUT2D eigenvalue weighted by atomic mass is 35.5. The predicted molar refractivity (Wildman–Crippen MR) is 90.5 cm³/mol. The number of ether oxygens (including phenoxy) is 1. The molecule has 0 spiro atoms. The molecule has 134 valence electrons. The summed E-state index contributed by atoms with van der Waals surface area (Å²) in [5.41, 5.74) is 0. The Hall–Kier alpha value is -1.35. The quantitative estimate of drug-likeness (QED) is 0.651. The lowest BCUT2D eigenvalue weighted by atomic mass is 10.2. The molecule has 0 bridgehead atoms. The summed E-state index contributed by atoms with van der Waals surface area (Å²) in [5, 5.41) is 2.90. The van der Waals surface area contributed by atoms with Crippen molar-refractivity contribution in [3.05, 3.63) is 28.2 Å². The van der Waals surface area contributed by atoms with Gasteiger partial charge in [0.05, 0.1) is 14.9 Å². The number of esters is 1. The molecule has 0 unspecified atom stereocenters. The Morgan fingerprint density at radius 1 is 1.25 bits per heavy atom. The Morgan fingerprint density at radius 2 is 1.92 bits per heavy atom. The number of hydrogen-bond donors (Lipinski definition) is 2. The molecule has 1 aromatic rings. The maximum absolute atomic E-state index is 12.0. The van der Waals surface area contributed by atoms with Crippen LogP contribution in [0.4, 0.5) is 0 Å². The number of rotatable bonds is 8. The monoisotopic (exact) mass is 396 g/mol. The minimum atomic E-state index is -3.95. The molecule has 0 aromatic heterocycles. The van der Waals surface area contributed by atoms with E-state index in [9.17, 15) is 18.0 Å². The molecule has 0 radical (unpaired) electrons. The van der Waals surface area contributed by atoms with Crippen molar-refractivity contribution < 1.29 is 22.7 Å². The summed E-state index contributed by atoms with van der Waals surface area (Å²) in [6.07, 6.45) is 0.739. The van der Waals surface area contributed by atoms with E-state index < -0.39 is 35.1 Å². The van der Waals surface area contributed by atoms with Gasteiger partial charge in [-0.2, -0.15) is 4.72 Å². The number of halogens is 2. The second-order valence-corrected chi connectivity index (χ2v) is 7.52. The summed E-state index contributed by atoms with van der Waals surface area (Å²) in [6.45, 7) is 2.62. The first-order chi connectivity index (χ1) is 11.2. The molecule has 1 amide bonds. The van der Waals surface area contributed by atoms with E-state index in [1.54, 1.807) is 0 Å². The van der Waals surface area contributed by atoms with Gasteiger partial charge in [0, 0.05) is 6.04 Å². The summed E-state index contributed by atoms with van der Waals surface area (Å²) < 4.78 is 30.8. The van der Waals surface area contributed by atoms with E-state index in [4.69, 9.17) is 27.9 Å². The van der Waals surface area contributed by atoms with Gasteiger partial charge < -0.3 is 10.1 Å². The van der Waals surface area contributed by atoms with Gasteiger partial charge in [-0.05, 0) is 31.5 Å². The number of carbonyl (C=O) groups excluding carboxylic acids is 2. The molecule has 0 saturated heterocycles. The smallest absolute Gasteiger partial charge is 0.321 e. The highest BCUT2D eigenvalue weighted by Crippen LogP contribution is 2.24. The van der Waals surface area contributed by atoms with Crippen LogP contribution in [-0.2, 0) is 24.3 Å². The number of sulfonamides is 1. The summed E-state index contributed by atoms with van der Waals surface area (Å²) in [5.74, 6) is -1.33. The molecule has 2 N–H and O–H groups in total. The Bertz CT molecular complexity index is 709. The Kier molecular flexibility index (Phi) is 7.95. The third-order valence-corrected chi connectivity index (χ3v) is 5.13. The van der Waals surface area contributed by atoms with Crippen molar-refractivity contribution >= 4 is 45.1 Å². The van der Waals surface area contributed by atoms with Crippen LogP contribution in [0.1, 0.15) is 20.3 Å². The van der Waals surface area contributed by atoms with Crippen molar-refractivity contribution in [3.63, 3.8) is 0 Å². The Morgan fingerprint density at radius 3 is 2.50 bits per heavy atom. The first kappa shape index (κ1) is 20.7. The number of hydrogen-bond acceptors (Lipinski definition) is 5. The summed E-state index contributed by atoms with van der Waals surface area (Å²) in [6, 6.07) is 3.71. The van der Waals surface area contributed by atoms with Crippen molar-refractivity contribution in [3.8, 4) is 0 Å². The minimum absolute atomic E-state index is 0.0376. The largest absolute Gasteiger partial charge is 0.455 e. The Balaban J connectivity index is 2.51. The van der Waals surface area contributed by atoms with Gasteiger partial charge in [-0.1, -0.05) is 30.1 Å². The molecule has 0 fully saturated rings. The van der Waals surface area contributed by atoms with Crippen molar-refractivity contribution in [2.24, 2.45) is 0 Å². The molecule has 1 atom stereocenters. The van der Waals surface area contributed by atoms with E-state index >= 15 is 0 Å². The van der Waals surface area contributed by atoms with Gasteiger partial charge >= 0.3 is 5.97 Å². The van der Waals surface area contributed by atoms with Crippen LogP contribution in [0, 0.1) is 0 Å².